The third-order valence-electron chi connectivity index (χ3n) is 4.87. The van der Waals surface area contributed by atoms with Crippen molar-refractivity contribution < 1.29 is 17.9 Å². The number of aryl methyl sites for hydroxylation is 1. The number of ether oxygens (including phenoxy) is 1. The molecule has 2 aromatic carbocycles. The number of carbonyl (C=O) groups excluding carboxylic acids is 1. The van der Waals surface area contributed by atoms with Gasteiger partial charge in [-0.25, -0.2) is 18.4 Å². The molecule has 0 aliphatic heterocycles. The first-order valence-electron chi connectivity index (χ1n) is 9.38. The third-order valence-corrected chi connectivity index (χ3v) is 6.95. The van der Waals surface area contributed by atoms with Crippen molar-refractivity contribution in [1.82, 2.24) is 14.4 Å². The van der Waals surface area contributed by atoms with Gasteiger partial charge in [-0.05, 0) is 36.2 Å². The smallest absolute Gasteiger partial charge is 0.233 e. The Balaban J connectivity index is 1.47. The van der Waals surface area contributed by atoms with Crippen LogP contribution in [0.3, 0.4) is 0 Å². The topological polar surface area (TPSA) is 90.6 Å². The molecule has 7 nitrogen and oxygen atoms in total. The quantitative estimate of drug-likeness (QED) is 0.390. The van der Waals surface area contributed by atoms with Gasteiger partial charge in [0.25, 0.3) is 0 Å². The van der Waals surface area contributed by atoms with Crippen molar-refractivity contribution >= 4 is 33.0 Å². The number of benzene rings is 2. The van der Waals surface area contributed by atoms with E-state index >= 15 is 0 Å². The Hall–Kier alpha value is -3.23. The number of hydrogen-bond acceptors (Lipinski definition) is 6. The number of rotatable bonds is 7. The zero-order valence-electron chi connectivity index (χ0n) is 16.5. The Morgan fingerprint density at radius 3 is 2.58 bits per heavy atom. The zero-order chi connectivity index (χ0) is 22.0. The molecule has 2 heterocycles. The Morgan fingerprint density at radius 1 is 1.10 bits per heavy atom. The average Bonchev–Trinajstić information content (AvgIpc) is 3.26. The lowest BCUT2D eigenvalue weighted by molar-refractivity contribution is 0.0982. The van der Waals surface area contributed by atoms with Crippen LogP contribution in [0.5, 0.6) is 5.75 Å². The van der Waals surface area contributed by atoms with Crippen LogP contribution < -0.4 is 4.74 Å². The predicted molar refractivity (Wildman–Crippen MR) is 116 cm³/mol. The first-order chi connectivity index (χ1) is 14.9. The third kappa shape index (κ3) is 4.30. The van der Waals surface area contributed by atoms with Gasteiger partial charge in [-0.15, -0.1) is 0 Å². The molecule has 0 N–H and O–H groups in total. The van der Waals surface area contributed by atoms with Gasteiger partial charge in [0.1, 0.15) is 5.75 Å². The van der Waals surface area contributed by atoms with E-state index < -0.39 is 9.84 Å². The fraction of sp³-hybridized carbons (Fsp3) is 0.136. The summed E-state index contributed by atoms with van der Waals surface area (Å²) in [7, 11) is -2.29. The minimum atomic E-state index is -3.72. The van der Waals surface area contributed by atoms with Crippen LogP contribution in [-0.2, 0) is 16.3 Å². The molecular formula is C22H18ClN3O4S. The molecule has 2 aromatic heterocycles. The van der Waals surface area contributed by atoms with Crippen LogP contribution in [-0.4, -0.2) is 35.7 Å². The Morgan fingerprint density at radius 2 is 1.84 bits per heavy atom. The van der Waals surface area contributed by atoms with E-state index in [-0.39, 0.29) is 22.0 Å². The van der Waals surface area contributed by atoms with Crippen LogP contribution >= 0.6 is 11.6 Å². The highest BCUT2D eigenvalue weighted by Crippen LogP contribution is 2.30. The van der Waals surface area contributed by atoms with Crippen molar-refractivity contribution in [3.63, 3.8) is 0 Å². The first kappa shape index (κ1) is 21.0. The van der Waals surface area contributed by atoms with Crippen molar-refractivity contribution in [2.75, 3.05) is 7.11 Å². The van der Waals surface area contributed by atoms with Crippen LogP contribution in [0.1, 0.15) is 22.3 Å². The van der Waals surface area contributed by atoms with Gasteiger partial charge in [0.15, 0.2) is 5.78 Å². The summed E-state index contributed by atoms with van der Waals surface area (Å²) >= 11 is 5.98. The number of carbonyl (C=O) groups is 1. The van der Waals surface area contributed by atoms with E-state index in [1.54, 1.807) is 35.1 Å². The van der Waals surface area contributed by atoms with Gasteiger partial charge in [0, 0.05) is 37.3 Å². The number of Topliss-reactive ketones (excluding diaryl/α,β-unsaturated/α-hetero) is 1. The highest BCUT2D eigenvalue weighted by atomic mass is 35.5. The molecule has 0 saturated heterocycles. The van der Waals surface area contributed by atoms with E-state index in [9.17, 15) is 13.2 Å². The molecular weight excluding hydrogens is 438 g/mol. The van der Waals surface area contributed by atoms with Crippen LogP contribution in [0.4, 0.5) is 0 Å². The standard InChI is InChI=1S/C22H18ClN3O4S/c1-30-21-12-18(7-8-19(21)23)31(28,29)17-5-2-15(3-6-17)4-9-20(27)16-13-25-22-24-10-11-26(22)14-16/h2-3,5-8,10-14H,4,9H2,1H3. The minimum absolute atomic E-state index is 0.0481. The van der Waals surface area contributed by atoms with Crippen LogP contribution in [0.15, 0.2) is 77.0 Å². The van der Waals surface area contributed by atoms with Gasteiger partial charge in [0.2, 0.25) is 15.6 Å². The van der Waals surface area contributed by atoms with Crippen molar-refractivity contribution in [3.8, 4) is 5.75 Å². The Bertz CT molecular complexity index is 1370. The maximum atomic E-state index is 12.9. The molecule has 0 aliphatic rings. The number of nitrogens with zero attached hydrogens (tertiary/aromatic N) is 3. The molecule has 31 heavy (non-hydrogen) atoms. The first-order valence-corrected chi connectivity index (χ1v) is 11.2. The second kappa shape index (κ2) is 8.49. The maximum Gasteiger partial charge on any atom is 0.233 e. The fourth-order valence-electron chi connectivity index (χ4n) is 3.14. The Labute approximate surface area is 184 Å². The monoisotopic (exact) mass is 455 g/mol. The van der Waals surface area contributed by atoms with Crippen molar-refractivity contribution in [2.45, 2.75) is 22.6 Å². The molecule has 0 spiro atoms. The number of halogens is 1. The van der Waals surface area contributed by atoms with Crippen molar-refractivity contribution in [3.05, 3.63) is 83.4 Å². The van der Waals surface area contributed by atoms with Crippen LogP contribution in [0.2, 0.25) is 5.02 Å². The van der Waals surface area contributed by atoms with Gasteiger partial charge in [-0.2, -0.15) is 0 Å². The average molecular weight is 456 g/mol. The largest absolute Gasteiger partial charge is 0.495 e. The summed E-state index contributed by atoms with van der Waals surface area (Å²) in [5.74, 6) is 0.779. The summed E-state index contributed by atoms with van der Waals surface area (Å²) in [6, 6.07) is 10.8. The van der Waals surface area contributed by atoms with Crippen molar-refractivity contribution in [2.24, 2.45) is 0 Å². The number of imidazole rings is 1. The summed E-state index contributed by atoms with van der Waals surface area (Å²) < 4.78 is 32.6. The number of ketones is 1. The fourth-order valence-corrected chi connectivity index (χ4v) is 4.61. The number of sulfone groups is 1. The molecule has 0 radical (unpaired) electrons. The molecule has 9 heteroatoms. The summed E-state index contributed by atoms with van der Waals surface area (Å²) in [5, 5.41) is 0.337. The van der Waals surface area contributed by atoms with E-state index in [4.69, 9.17) is 16.3 Å². The van der Waals surface area contributed by atoms with Gasteiger partial charge in [-0.1, -0.05) is 23.7 Å². The predicted octanol–water partition coefficient (Wildman–Crippen LogP) is 4.04. The summed E-state index contributed by atoms with van der Waals surface area (Å²) in [6.07, 6.45) is 7.33. The molecule has 158 valence electrons. The lowest BCUT2D eigenvalue weighted by atomic mass is 10.0. The molecule has 0 unspecified atom stereocenters. The molecule has 0 saturated carbocycles. The Kier molecular flexibility index (Phi) is 5.75. The molecule has 4 aromatic rings. The molecule has 0 aliphatic carbocycles. The van der Waals surface area contributed by atoms with Crippen LogP contribution in [0, 0.1) is 0 Å². The van der Waals surface area contributed by atoms with E-state index in [0.29, 0.717) is 28.5 Å². The number of aromatic nitrogens is 3. The van der Waals surface area contributed by atoms with Crippen LogP contribution in [0.25, 0.3) is 5.78 Å². The highest BCUT2D eigenvalue weighted by Gasteiger charge is 2.19. The molecule has 0 fully saturated rings. The molecule has 4 rings (SSSR count). The second-order valence-corrected chi connectivity index (χ2v) is 9.20. The van der Waals surface area contributed by atoms with E-state index in [1.807, 2.05) is 0 Å². The zero-order valence-corrected chi connectivity index (χ0v) is 18.1. The lowest BCUT2D eigenvalue weighted by Gasteiger charge is -2.09. The normalized spacial score (nSPS) is 11.5. The SMILES string of the molecule is COc1cc(S(=O)(=O)c2ccc(CCC(=O)c3cnc4nccn4c3)cc2)ccc1Cl. The lowest BCUT2D eigenvalue weighted by Crippen LogP contribution is -2.05. The maximum absolute atomic E-state index is 12.9. The van der Waals surface area contributed by atoms with Gasteiger partial charge in [0.05, 0.1) is 27.5 Å². The second-order valence-electron chi connectivity index (χ2n) is 6.84. The van der Waals surface area contributed by atoms with E-state index in [2.05, 4.69) is 9.97 Å². The van der Waals surface area contributed by atoms with Gasteiger partial charge in [-0.3, -0.25) is 9.20 Å². The summed E-state index contributed by atoms with van der Waals surface area (Å²) in [5.41, 5.74) is 1.36. The van der Waals surface area contributed by atoms with E-state index in [1.165, 1.54) is 43.6 Å². The van der Waals surface area contributed by atoms with Crippen molar-refractivity contribution in [1.29, 1.82) is 0 Å². The molecule has 0 bridgehead atoms. The van der Waals surface area contributed by atoms with E-state index in [0.717, 1.165) is 5.56 Å². The van der Waals surface area contributed by atoms with Gasteiger partial charge >= 0.3 is 0 Å². The van der Waals surface area contributed by atoms with Gasteiger partial charge < -0.3 is 4.74 Å². The summed E-state index contributed by atoms with van der Waals surface area (Å²) in [4.78, 5) is 20.9. The summed E-state index contributed by atoms with van der Waals surface area (Å²) in [6.45, 7) is 0. The highest BCUT2D eigenvalue weighted by molar-refractivity contribution is 7.91. The number of fused-ring (bicyclic) bond motifs is 1. The number of methoxy groups -OCH3 is 1. The molecule has 0 atom stereocenters. The minimum Gasteiger partial charge on any atom is -0.495 e. The molecule has 0 amide bonds. The number of hydrogen-bond donors (Lipinski definition) is 0.